The van der Waals surface area contributed by atoms with E-state index < -0.39 is 0 Å². The third kappa shape index (κ3) is 11.6. The predicted octanol–water partition coefficient (Wildman–Crippen LogP) is 9.78. The fourth-order valence-corrected chi connectivity index (χ4v) is 4.17. The Morgan fingerprint density at radius 1 is 0.556 bits per heavy atom. The van der Waals surface area contributed by atoms with E-state index in [1.807, 2.05) is 0 Å². The Morgan fingerprint density at radius 3 is 1.37 bits per heavy atom. The van der Waals surface area contributed by atoms with Gasteiger partial charge in [0.25, 0.3) is 0 Å². The van der Waals surface area contributed by atoms with Crippen LogP contribution < -0.4 is 0 Å². The first-order valence-electron chi connectivity index (χ1n) is 12.3. The molecule has 156 valence electrons. The normalized spacial score (nSPS) is 12.6. The van der Waals surface area contributed by atoms with Crippen molar-refractivity contribution in [1.82, 2.24) is 0 Å². The van der Waals surface area contributed by atoms with Crippen molar-refractivity contribution < 1.29 is 0 Å². The van der Waals surface area contributed by atoms with E-state index in [9.17, 15) is 0 Å². The molecule has 1 atom stereocenters. The second-order valence-electron chi connectivity index (χ2n) is 8.96. The average Bonchev–Trinajstić information content (AvgIpc) is 2.68. The van der Waals surface area contributed by atoms with Crippen molar-refractivity contribution in [2.75, 3.05) is 0 Å². The van der Waals surface area contributed by atoms with Crippen LogP contribution in [0.2, 0.25) is 0 Å². The van der Waals surface area contributed by atoms with Gasteiger partial charge in [-0.2, -0.15) is 0 Å². The molecule has 0 saturated heterocycles. The molecule has 0 nitrogen and oxygen atoms in total. The van der Waals surface area contributed by atoms with Crippen LogP contribution in [0.15, 0.2) is 24.3 Å². The quantitative estimate of drug-likeness (QED) is 0.239. The molecule has 0 aromatic heterocycles. The van der Waals surface area contributed by atoms with Crippen molar-refractivity contribution >= 4 is 0 Å². The Labute approximate surface area is 171 Å². The van der Waals surface area contributed by atoms with Crippen LogP contribution in [0.3, 0.4) is 0 Å². The van der Waals surface area contributed by atoms with Gasteiger partial charge in [-0.3, -0.25) is 0 Å². The Bertz CT molecular complexity index is 428. The van der Waals surface area contributed by atoms with Gasteiger partial charge in [-0.1, -0.05) is 135 Å². The minimum absolute atomic E-state index is 0.639. The van der Waals surface area contributed by atoms with Gasteiger partial charge in [0.15, 0.2) is 0 Å². The molecule has 0 amide bonds. The van der Waals surface area contributed by atoms with Gasteiger partial charge in [0, 0.05) is 0 Å². The highest BCUT2D eigenvalue weighted by molar-refractivity contribution is 5.27. The summed E-state index contributed by atoms with van der Waals surface area (Å²) in [5.74, 6) is 1.40. The van der Waals surface area contributed by atoms with Crippen LogP contribution in [-0.4, -0.2) is 0 Å². The van der Waals surface area contributed by atoms with Crippen LogP contribution >= 0.6 is 0 Å². The lowest BCUT2D eigenvalue weighted by molar-refractivity contribution is 0.513. The lowest BCUT2D eigenvalue weighted by Crippen LogP contribution is -1.98. The van der Waals surface area contributed by atoms with Gasteiger partial charge in [0.2, 0.25) is 0 Å². The number of unbranched alkanes of at least 4 members (excludes halogenated alkanes) is 12. The number of hydrogen-bond acceptors (Lipinski definition) is 0. The van der Waals surface area contributed by atoms with E-state index in [4.69, 9.17) is 0 Å². The van der Waals surface area contributed by atoms with Gasteiger partial charge in [-0.05, 0) is 35.8 Å². The maximum absolute atomic E-state index is 2.38. The average molecular weight is 373 g/mol. The van der Waals surface area contributed by atoms with Crippen molar-refractivity contribution in [3.05, 3.63) is 35.4 Å². The Morgan fingerprint density at radius 2 is 0.963 bits per heavy atom. The molecule has 0 bridgehead atoms. The van der Waals surface area contributed by atoms with Crippen LogP contribution in [0.1, 0.15) is 147 Å². The maximum atomic E-state index is 2.38. The molecular weight excluding hydrogens is 324 g/mol. The number of hydrogen-bond donors (Lipinski definition) is 0. The summed E-state index contributed by atoms with van der Waals surface area (Å²) in [6.07, 6.45) is 21.4. The summed E-state index contributed by atoms with van der Waals surface area (Å²) in [4.78, 5) is 0. The Kier molecular flexibility index (Phi) is 14.6. The van der Waals surface area contributed by atoms with E-state index >= 15 is 0 Å². The molecule has 0 heterocycles. The molecule has 0 fully saturated rings. The summed E-state index contributed by atoms with van der Waals surface area (Å²) in [6, 6.07) is 9.44. The maximum Gasteiger partial charge on any atom is -0.0165 e. The van der Waals surface area contributed by atoms with E-state index in [2.05, 4.69) is 52.0 Å². The molecule has 27 heavy (non-hydrogen) atoms. The lowest BCUT2D eigenvalue weighted by atomic mass is 9.89. The number of rotatable bonds is 17. The summed E-state index contributed by atoms with van der Waals surface area (Å²) in [6.45, 7) is 9.20. The third-order valence-corrected chi connectivity index (χ3v) is 6.22. The highest BCUT2D eigenvalue weighted by atomic mass is 14.1. The first-order chi connectivity index (χ1) is 13.2. The Balaban J connectivity index is 2.01. The highest BCUT2D eigenvalue weighted by Gasteiger charge is 2.09. The van der Waals surface area contributed by atoms with Gasteiger partial charge in [0.05, 0.1) is 0 Å². The second-order valence-corrected chi connectivity index (χ2v) is 8.96. The topological polar surface area (TPSA) is 0 Å². The van der Waals surface area contributed by atoms with Gasteiger partial charge < -0.3 is 0 Å². The molecule has 0 N–H and O–H groups in total. The van der Waals surface area contributed by atoms with Crippen LogP contribution in [-0.2, 0) is 0 Å². The van der Waals surface area contributed by atoms with Crippen molar-refractivity contribution in [3.8, 4) is 0 Å². The SMILES string of the molecule is CCCCCCCCCCCCCCCC(CC)c1ccc(C(C)C)cc1. The highest BCUT2D eigenvalue weighted by Crippen LogP contribution is 2.27. The van der Waals surface area contributed by atoms with E-state index in [0.29, 0.717) is 5.92 Å². The van der Waals surface area contributed by atoms with Crippen LogP contribution in [0.5, 0.6) is 0 Å². The minimum Gasteiger partial charge on any atom is -0.0654 e. The fourth-order valence-electron chi connectivity index (χ4n) is 4.17. The molecule has 0 aliphatic rings. The smallest absolute Gasteiger partial charge is 0.0165 e. The molecule has 1 rings (SSSR count). The molecule has 0 radical (unpaired) electrons. The van der Waals surface area contributed by atoms with E-state index in [0.717, 1.165) is 5.92 Å². The minimum atomic E-state index is 0.639. The third-order valence-electron chi connectivity index (χ3n) is 6.22. The molecular formula is C27H48. The summed E-state index contributed by atoms with van der Waals surface area (Å²) >= 11 is 0. The van der Waals surface area contributed by atoms with Crippen molar-refractivity contribution in [2.24, 2.45) is 0 Å². The first kappa shape index (κ1) is 24.3. The van der Waals surface area contributed by atoms with Gasteiger partial charge in [-0.15, -0.1) is 0 Å². The van der Waals surface area contributed by atoms with Crippen molar-refractivity contribution in [3.63, 3.8) is 0 Å². The molecule has 1 aromatic rings. The molecule has 0 saturated carbocycles. The summed E-state index contributed by atoms with van der Waals surface area (Å²) in [5.41, 5.74) is 3.02. The fraction of sp³-hybridized carbons (Fsp3) is 0.778. The Hall–Kier alpha value is -0.780. The zero-order chi connectivity index (χ0) is 19.7. The van der Waals surface area contributed by atoms with E-state index in [1.165, 1.54) is 102 Å². The van der Waals surface area contributed by atoms with Crippen LogP contribution in [0.25, 0.3) is 0 Å². The summed E-state index contributed by atoms with van der Waals surface area (Å²) in [7, 11) is 0. The van der Waals surface area contributed by atoms with E-state index in [-0.39, 0.29) is 0 Å². The first-order valence-corrected chi connectivity index (χ1v) is 12.3. The van der Waals surface area contributed by atoms with Gasteiger partial charge in [0.1, 0.15) is 0 Å². The van der Waals surface area contributed by atoms with Gasteiger partial charge in [-0.25, -0.2) is 0 Å². The molecule has 0 spiro atoms. The lowest BCUT2D eigenvalue weighted by Gasteiger charge is -2.16. The van der Waals surface area contributed by atoms with Crippen molar-refractivity contribution in [2.45, 2.75) is 136 Å². The monoisotopic (exact) mass is 372 g/mol. The second kappa shape index (κ2) is 16.2. The largest absolute Gasteiger partial charge is 0.0654 e. The molecule has 0 aliphatic carbocycles. The van der Waals surface area contributed by atoms with Crippen molar-refractivity contribution in [1.29, 1.82) is 0 Å². The van der Waals surface area contributed by atoms with Crippen LogP contribution in [0, 0.1) is 0 Å². The molecule has 1 unspecified atom stereocenters. The zero-order valence-corrected chi connectivity index (χ0v) is 19.1. The standard InChI is InChI=1S/C27H48/c1-5-7-8-9-10-11-12-13-14-15-16-17-18-19-25(6-2)27-22-20-26(21-23-27)24(3)4/h20-25H,5-19H2,1-4H3. The zero-order valence-electron chi connectivity index (χ0n) is 19.1. The predicted molar refractivity (Wildman–Crippen MR) is 124 cm³/mol. The van der Waals surface area contributed by atoms with E-state index in [1.54, 1.807) is 5.56 Å². The summed E-state index contributed by atoms with van der Waals surface area (Å²) < 4.78 is 0. The summed E-state index contributed by atoms with van der Waals surface area (Å²) in [5, 5.41) is 0. The molecule has 1 aromatic carbocycles. The molecule has 0 heteroatoms. The van der Waals surface area contributed by atoms with Gasteiger partial charge >= 0.3 is 0 Å². The molecule has 0 aliphatic heterocycles. The number of benzene rings is 1. The van der Waals surface area contributed by atoms with Crippen LogP contribution in [0.4, 0.5) is 0 Å².